The molecule has 1 heterocycles. The number of hydrogen-bond donors (Lipinski definition) is 1. The number of likely N-dealkylation sites (N-methyl/N-ethyl adjacent to an activating group) is 1. The summed E-state index contributed by atoms with van der Waals surface area (Å²) < 4.78 is 26.2. The maximum absolute atomic E-state index is 12.5. The Labute approximate surface area is 167 Å². The number of nitrogens with one attached hydrogen (secondary N) is 1. The molecule has 1 aliphatic rings. The van der Waals surface area contributed by atoms with Crippen molar-refractivity contribution in [2.45, 2.75) is 24.7 Å². The molecule has 1 aromatic carbocycles. The number of likely N-dealkylation sites (tertiary alicyclic amines) is 1. The van der Waals surface area contributed by atoms with E-state index in [0.717, 1.165) is 30.2 Å². The highest BCUT2D eigenvalue weighted by atomic mass is 35.5. The fourth-order valence-electron chi connectivity index (χ4n) is 2.90. The normalized spacial score (nSPS) is 15.8. The molecule has 1 amide bonds. The lowest BCUT2D eigenvalue weighted by Crippen LogP contribution is -2.45. The van der Waals surface area contributed by atoms with E-state index >= 15 is 0 Å². The van der Waals surface area contributed by atoms with Crippen LogP contribution in [-0.4, -0.2) is 63.3 Å². The van der Waals surface area contributed by atoms with Gasteiger partial charge in [-0.2, -0.15) is 4.31 Å². The number of carbonyl (C=O) groups excluding carboxylic acids is 1. The highest BCUT2D eigenvalue weighted by molar-refractivity contribution is 7.89. The van der Waals surface area contributed by atoms with Crippen molar-refractivity contribution in [3.63, 3.8) is 0 Å². The Hall–Kier alpha value is -0.860. The first-order chi connectivity index (χ1) is 11.8. The van der Waals surface area contributed by atoms with Crippen LogP contribution in [0.3, 0.4) is 0 Å². The van der Waals surface area contributed by atoms with Gasteiger partial charge in [-0.3, -0.25) is 4.79 Å². The van der Waals surface area contributed by atoms with Gasteiger partial charge < -0.3 is 10.2 Å². The molecule has 2 rings (SSSR count). The van der Waals surface area contributed by atoms with Gasteiger partial charge in [-0.25, -0.2) is 8.42 Å². The van der Waals surface area contributed by atoms with Crippen LogP contribution in [0.25, 0.3) is 0 Å². The van der Waals surface area contributed by atoms with Gasteiger partial charge in [0.15, 0.2) is 0 Å². The molecule has 0 aromatic heterocycles. The SMILES string of the molecule is CCNCC1CCN(C(=O)CN(C)S(=O)(=O)c2ccc(Cl)cc2)CC1.Cl. The Morgan fingerprint density at radius 2 is 1.85 bits per heavy atom. The zero-order chi connectivity index (χ0) is 18.4. The van der Waals surface area contributed by atoms with E-state index in [4.69, 9.17) is 11.6 Å². The predicted octanol–water partition coefficient (Wildman–Crippen LogP) is 2.23. The lowest BCUT2D eigenvalue weighted by atomic mass is 9.97. The van der Waals surface area contributed by atoms with Gasteiger partial charge in [0, 0.05) is 25.2 Å². The van der Waals surface area contributed by atoms with Crippen molar-refractivity contribution in [1.29, 1.82) is 0 Å². The second-order valence-electron chi connectivity index (χ2n) is 6.35. The number of carbonyl (C=O) groups is 1. The molecule has 0 unspecified atom stereocenters. The summed E-state index contributed by atoms with van der Waals surface area (Å²) in [7, 11) is -2.26. The number of sulfonamides is 1. The number of piperidine rings is 1. The first-order valence-corrected chi connectivity index (χ1v) is 10.4. The third-order valence-corrected chi connectivity index (χ3v) is 6.60. The molecule has 0 aliphatic carbocycles. The molecule has 1 fully saturated rings. The summed E-state index contributed by atoms with van der Waals surface area (Å²) in [5.41, 5.74) is 0. The average molecular weight is 424 g/mol. The highest BCUT2D eigenvalue weighted by Crippen LogP contribution is 2.19. The maximum atomic E-state index is 12.5. The van der Waals surface area contributed by atoms with Crippen molar-refractivity contribution in [2.24, 2.45) is 5.92 Å². The fraction of sp³-hybridized carbons (Fsp3) is 0.588. The van der Waals surface area contributed by atoms with E-state index in [2.05, 4.69) is 12.2 Å². The summed E-state index contributed by atoms with van der Waals surface area (Å²) >= 11 is 5.80. The first-order valence-electron chi connectivity index (χ1n) is 8.55. The van der Waals surface area contributed by atoms with Gasteiger partial charge >= 0.3 is 0 Å². The molecule has 0 radical (unpaired) electrons. The van der Waals surface area contributed by atoms with E-state index in [9.17, 15) is 13.2 Å². The summed E-state index contributed by atoms with van der Waals surface area (Å²) in [5.74, 6) is 0.432. The summed E-state index contributed by atoms with van der Waals surface area (Å²) in [4.78, 5) is 14.3. The molecule has 0 bridgehead atoms. The monoisotopic (exact) mass is 423 g/mol. The van der Waals surface area contributed by atoms with Gasteiger partial charge in [-0.1, -0.05) is 18.5 Å². The molecule has 1 aliphatic heterocycles. The highest BCUT2D eigenvalue weighted by Gasteiger charge is 2.27. The summed E-state index contributed by atoms with van der Waals surface area (Å²) in [6.07, 6.45) is 1.90. The Kier molecular flexibility index (Phi) is 9.33. The van der Waals surface area contributed by atoms with Crippen LogP contribution in [0.2, 0.25) is 5.02 Å². The van der Waals surface area contributed by atoms with E-state index < -0.39 is 10.0 Å². The molecular weight excluding hydrogens is 397 g/mol. The zero-order valence-corrected chi connectivity index (χ0v) is 17.5. The van der Waals surface area contributed by atoms with Gasteiger partial charge in [0.05, 0.1) is 11.4 Å². The van der Waals surface area contributed by atoms with Crippen molar-refractivity contribution < 1.29 is 13.2 Å². The van der Waals surface area contributed by atoms with E-state index in [1.54, 1.807) is 4.90 Å². The Balaban J connectivity index is 0.00000338. The quantitative estimate of drug-likeness (QED) is 0.729. The molecule has 26 heavy (non-hydrogen) atoms. The van der Waals surface area contributed by atoms with Crippen LogP contribution in [0.5, 0.6) is 0 Å². The number of nitrogens with zero attached hydrogens (tertiary/aromatic N) is 2. The van der Waals surface area contributed by atoms with Crippen LogP contribution in [0.4, 0.5) is 0 Å². The molecule has 1 aromatic rings. The van der Waals surface area contributed by atoms with Gasteiger partial charge in [-0.15, -0.1) is 12.4 Å². The van der Waals surface area contributed by atoms with Crippen LogP contribution in [0.15, 0.2) is 29.2 Å². The van der Waals surface area contributed by atoms with Crippen molar-refractivity contribution in [2.75, 3.05) is 39.8 Å². The summed E-state index contributed by atoms with van der Waals surface area (Å²) in [6, 6.07) is 5.95. The Bertz CT molecular complexity index is 675. The second kappa shape index (κ2) is 10.5. The van der Waals surface area contributed by atoms with Crippen LogP contribution < -0.4 is 5.32 Å². The maximum Gasteiger partial charge on any atom is 0.243 e. The van der Waals surface area contributed by atoms with Crippen LogP contribution >= 0.6 is 24.0 Å². The molecule has 148 valence electrons. The average Bonchev–Trinajstić information content (AvgIpc) is 2.60. The van der Waals surface area contributed by atoms with Crippen molar-refractivity contribution in [3.8, 4) is 0 Å². The van der Waals surface area contributed by atoms with Gasteiger partial charge in [0.25, 0.3) is 0 Å². The minimum absolute atomic E-state index is 0. The topological polar surface area (TPSA) is 69.7 Å². The number of halogens is 2. The molecule has 0 saturated carbocycles. The number of benzene rings is 1. The fourth-order valence-corrected chi connectivity index (χ4v) is 4.14. The lowest BCUT2D eigenvalue weighted by Gasteiger charge is -2.33. The minimum Gasteiger partial charge on any atom is -0.342 e. The van der Waals surface area contributed by atoms with Crippen molar-refractivity contribution in [1.82, 2.24) is 14.5 Å². The molecule has 6 nitrogen and oxygen atoms in total. The molecule has 9 heteroatoms. The van der Waals surface area contributed by atoms with Crippen molar-refractivity contribution >= 4 is 39.9 Å². The van der Waals surface area contributed by atoms with Crippen LogP contribution in [0, 0.1) is 5.92 Å². The number of rotatable bonds is 7. The van der Waals surface area contributed by atoms with E-state index in [1.807, 2.05) is 0 Å². The third kappa shape index (κ3) is 6.09. The van der Waals surface area contributed by atoms with Gasteiger partial charge in [0.2, 0.25) is 15.9 Å². The molecule has 0 spiro atoms. The predicted molar refractivity (Wildman–Crippen MR) is 106 cm³/mol. The lowest BCUT2D eigenvalue weighted by molar-refractivity contribution is -0.132. The molecule has 1 N–H and O–H groups in total. The standard InChI is InChI=1S/C17H26ClN3O3S.ClH/c1-3-19-12-14-8-10-21(11-9-14)17(22)13-20(2)25(23,24)16-6-4-15(18)5-7-16;/h4-7,14,19H,3,8-13H2,1-2H3;1H. The molecule has 0 atom stereocenters. The Morgan fingerprint density at radius 3 is 2.38 bits per heavy atom. The van der Waals surface area contributed by atoms with Gasteiger partial charge in [0.1, 0.15) is 0 Å². The second-order valence-corrected chi connectivity index (χ2v) is 8.83. The smallest absolute Gasteiger partial charge is 0.243 e. The summed E-state index contributed by atoms with van der Waals surface area (Å²) in [5, 5.41) is 3.81. The summed E-state index contributed by atoms with van der Waals surface area (Å²) in [6.45, 7) is 5.22. The largest absolute Gasteiger partial charge is 0.342 e. The van der Waals surface area contributed by atoms with Crippen LogP contribution in [-0.2, 0) is 14.8 Å². The number of hydrogen-bond acceptors (Lipinski definition) is 4. The van der Waals surface area contributed by atoms with E-state index in [-0.39, 0.29) is 29.8 Å². The van der Waals surface area contributed by atoms with E-state index in [1.165, 1.54) is 31.3 Å². The molecule has 1 saturated heterocycles. The van der Waals surface area contributed by atoms with Gasteiger partial charge in [-0.05, 0) is 56.1 Å². The Morgan fingerprint density at radius 1 is 1.27 bits per heavy atom. The molecular formula is C17H27Cl2N3O3S. The number of amides is 1. The zero-order valence-electron chi connectivity index (χ0n) is 15.2. The minimum atomic E-state index is -3.70. The first kappa shape index (κ1) is 23.2. The third-order valence-electron chi connectivity index (χ3n) is 4.53. The van der Waals surface area contributed by atoms with E-state index in [0.29, 0.717) is 24.0 Å². The van der Waals surface area contributed by atoms with Crippen LogP contribution in [0.1, 0.15) is 19.8 Å². The van der Waals surface area contributed by atoms with Crippen molar-refractivity contribution in [3.05, 3.63) is 29.3 Å².